The third-order valence-electron chi connectivity index (χ3n) is 7.28. The third kappa shape index (κ3) is 6.11. The fraction of sp³-hybridized carbons (Fsp3) is 0.571. The molecule has 1 saturated carbocycles. The van der Waals surface area contributed by atoms with E-state index in [4.69, 9.17) is 4.74 Å². The van der Waals surface area contributed by atoms with Crippen molar-refractivity contribution in [1.82, 2.24) is 4.90 Å². The van der Waals surface area contributed by atoms with Crippen LogP contribution in [-0.4, -0.2) is 35.3 Å². The van der Waals surface area contributed by atoms with Crippen LogP contribution in [0.3, 0.4) is 0 Å². The number of aliphatic hydroxyl groups excluding tert-OH is 1. The Bertz CT molecular complexity index is 823. The van der Waals surface area contributed by atoms with E-state index in [2.05, 4.69) is 74.2 Å². The molecule has 0 spiro atoms. The van der Waals surface area contributed by atoms with E-state index in [1.54, 1.807) is 0 Å². The van der Waals surface area contributed by atoms with Gasteiger partial charge in [0.15, 0.2) is 0 Å². The Hall–Kier alpha value is -1.84. The number of hydrogen-bond acceptors (Lipinski definition) is 3. The molecule has 3 nitrogen and oxygen atoms in total. The van der Waals surface area contributed by atoms with E-state index in [0.717, 1.165) is 44.1 Å². The summed E-state index contributed by atoms with van der Waals surface area (Å²) in [4.78, 5) is 2.44. The minimum Gasteiger partial charge on any atom is -0.490 e. The molecule has 1 aliphatic heterocycles. The number of hydrogen-bond donors (Lipinski definition) is 1. The maximum atomic E-state index is 9.72. The first-order chi connectivity index (χ1) is 14.9. The van der Waals surface area contributed by atoms with Gasteiger partial charge in [0.25, 0.3) is 0 Å². The van der Waals surface area contributed by atoms with Gasteiger partial charge >= 0.3 is 0 Å². The number of aliphatic hydroxyl groups is 1. The smallest absolute Gasteiger partial charge is 0.119 e. The molecule has 0 atom stereocenters. The first-order valence-corrected chi connectivity index (χ1v) is 12.1. The van der Waals surface area contributed by atoms with E-state index in [9.17, 15) is 5.11 Å². The normalized spacial score (nSPS) is 23.6. The van der Waals surface area contributed by atoms with Crippen LogP contribution < -0.4 is 4.74 Å². The van der Waals surface area contributed by atoms with Gasteiger partial charge in [-0.2, -0.15) is 0 Å². The molecule has 0 amide bonds. The summed E-state index contributed by atoms with van der Waals surface area (Å²) in [5.74, 6) is 1.81. The molecular formula is C28H39NO2. The molecule has 1 N–H and O–H groups in total. The standard InChI is InChI=1S/C28H39NO2/c1-28(2,3)24-9-13-27(14-10-24)31-26-11-7-22(8-12-26)23-6-4-5-21(19-23)20-29-17-15-25(30)16-18-29/h4-8,11-12,19,24-25,27,30H,9-10,13-18,20H2,1-3H3/t24-,27-. The maximum Gasteiger partial charge on any atom is 0.119 e. The highest BCUT2D eigenvalue weighted by Crippen LogP contribution is 2.38. The first-order valence-electron chi connectivity index (χ1n) is 12.1. The molecule has 3 heteroatoms. The number of likely N-dealkylation sites (tertiary alicyclic amines) is 1. The predicted octanol–water partition coefficient (Wildman–Crippen LogP) is 6.29. The molecule has 1 saturated heterocycles. The van der Waals surface area contributed by atoms with Gasteiger partial charge in [0.2, 0.25) is 0 Å². The number of ether oxygens (including phenoxy) is 1. The Morgan fingerprint density at radius 1 is 0.871 bits per heavy atom. The lowest BCUT2D eigenvalue weighted by molar-refractivity contribution is 0.0792. The van der Waals surface area contributed by atoms with Gasteiger partial charge in [-0.15, -0.1) is 0 Å². The predicted molar refractivity (Wildman–Crippen MR) is 128 cm³/mol. The van der Waals surface area contributed by atoms with Gasteiger partial charge in [-0.25, -0.2) is 0 Å². The summed E-state index contributed by atoms with van der Waals surface area (Å²) in [6.45, 7) is 10.0. The van der Waals surface area contributed by atoms with Gasteiger partial charge in [-0.3, -0.25) is 4.90 Å². The molecule has 0 unspecified atom stereocenters. The van der Waals surface area contributed by atoms with Crippen LogP contribution in [0.2, 0.25) is 0 Å². The second-order valence-corrected chi connectivity index (χ2v) is 10.7. The molecule has 31 heavy (non-hydrogen) atoms. The molecule has 4 rings (SSSR count). The summed E-state index contributed by atoms with van der Waals surface area (Å²) in [5.41, 5.74) is 4.24. The minimum atomic E-state index is -0.114. The van der Waals surface area contributed by atoms with Crippen LogP contribution in [0.1, 0.15) is 64.9 Å². The lowest BCUT2D eigenvalue weighted by Gasteiger charge is -2.36. The average molecular weight is 422 g/mol. The summed E-state index contributed by atoms with van der Waals surface area (Å²) in [5, 5.41) is 9.72. The van der Waals surface area contributed by atoms with Crippen LogP contribution in [0.15, 0.2) is 48.5 Å². The van der Waals surface area contributed by atoms with Crippen molar-refractivity contribution < 1.29 is 9.84 Å². The molecule has 2 aromatic rings. The zero-order valence-corrected chi connectivity index (χ0v) is 19.5. The number of piperidine rings is 1. The van der Waals surface area contributed by atoms with Gasteiger partial charge in [0.1, 0.15) is 5.75 Å². The van der Waals surface area contributed by atoms with E-state index in [-0.39, 0.29) is 6.10 Å². The van der Waals surface area contributed by atoms with E-state index in [1.807, 2.05) is 0 Å². The Balaban J connectivity index is 1.33. The van der Waals surface area contributed by atoms with Crippen molar-refractivity contribution in [2.75, 3.05) is 13.1 Å². The second kappa shape index (κ2) is 9.75. The number of benzene rings is 2. The van der Waals surface area contributed by atoms with Crippen LogP contribution in [0, 0.1) is 11.3 Å². The highest BCUT2D eigenvalue weighted by Gasteiger charge is 2.30. The van der Waals surface area contributed by atoms with Gasteiger partial charge in [-0.05, 0) is 84.7 Å². The van der Waals surface area contributed by atoms with Crippen molar-refractivity contribution >= 4 is 0 Å². The van der Waals surface area contributed by atoms with Gasteiger partial charge in [0.05, 0.1) is 12.2 Å². The van der Waals surface area contributed by atoms with Crippen molar-refractivity contribution in [2.24, 2.45) is 11.3 Å². The third-order valence-corrected chi connectivity index (χ3v) is 7.28. The van der Waals surface area contributed by atoms with Gasteiger partial charge < -0.3 is 9.84 Å². The second-order valence-electron chi connectivity index (χ2n) is 10.7. The lowest BCUT2D eigenvalue weighted by atomic mass is 9.72. The topological polar surface area (TPSA) is 32.7 Å². The van der Waals surface area contributed by atoms with Crippen LogP contribution in [0.4, 0.5) is 0 Å². The van der Waals surface area contributed by atoms with Crippen LogP contribution in [0.5, 0.6) is 5.75 Å². The molecule has 1 heterocycles. The SMILES string of the molecule is CC(C)(C)[C@H]1CC[C@H](Oc2ccc(-c3cccc(CN4CCC(O)CC4)c3)cc2)CC1. The zero-order valence-electron chi connectivity index (χ0n) is 19.5. The summed E-state index contributed by atoms with van der Waals surface area (Å²) in [7, 11) is 0. The van der Waals surface area contributed by atoms with E-state index in [0.29, 0.717) is 11.5 Å². The lowest BCUT2D eigenvalue weighted by Crippen LogP contribution is -2.35. The molecule has 168 valence electrons. The van der Waals surface area contributed by atoms with Crippen molar-refractivity contribution in [1.29, 1.82) is 0 Å². The summed E-state index contributed by atoms with van der Waals surface area (Å²) < 4.78 is 6.31. The van der Waals surface area contributed by atoms with Crippen LogP contribution in [0.25, 0.3) is 11.1 Å². The highest BCUT2D eigenvalue weighted by atomic mass is 16.5. The van der Waals surface area contributed by atoms with E-state index >= 15 is 0 Å². The van der Waals surface area contributed by atoms with Crippen LogP contribution in [-0.2, 0) is 6.54 Å². The Morgan fingerprint density at radius 2 is 1.55 bits per heavy atom. The van der Waals surface area contributed by atoms with Crippen molar-refractivity contribution in [3.63, 3.8) is 0 Å². The summed E-state index contributed by atoms with van der Waals surface area (Å²) in [6, 6.07) is 17.5. The van der Waals surface area contributed by atoms with E-state index < -0.39 is 0 Å². The van der Waals surface area contributed by atoms with Crippen LogP contribution >= 0.6 is 0 Å². The van der Waals surface area contributed by atoms with Crippen molar-refractivity contribution in [3.8, 4) is 16.9 Å². The maximum absolute atomic E-state index is 9.72. The molecule has 0 radical (unpaired) electrons. The fourth-order valence-electron chi connectivity index (χ4n) is 5.15. The first kappa shape index (κ1) is 22.4. The molecule has 0 aromatic heterocycles. The molecule has 2 fully saturated rings. The zero-order chi connectivity index (χ0) is 21.8. The number of rotatable bonds is 5. The van der Waals surface area contributed by atoms with Crippen molar-refractivity contribution in [3.05, 3.63) is 54.1 Å². The molecule has 1 aliphatic carbocycles. The Kier molecular flexibility index (Phi) is 7.03. The van der Waals surface area contributed by atoms with Gasteiger partial charge in [-0.1, -0.05) is 51.1 Å². The largest absolute Gasteiger partial charge is 0.490 e. The fourth-order valence-corrected chi connectivity index (χ4v) is 5.15. The minimum absolute atomic E-state index is 0.114. The Labute approximate surface area is 188 Å². The molecule has 2 aliphatic rings. The highest BCUT2D eigenvalue weighted by molar-refractivity contribution is 5.64. The van der Waals surface area contributed by atoms with E-state index in [1.165, 1.54) is 42.4 Å². The molecular weight excluding hydrogens is 382 g/mol. The average Bonchev–Trinajstić information content (AvgIpc) is 2.76. The van der Waals surface area contributed by atoms with Crippen molar-refractivity contribution in [2.45, 2.75) is 78.0 Å². The molecule has 2 aromatic carbocycles. The quantitative estimate of drug-likeness (QED) is 0.615. The van der Waals surface area contributed by atoms with Gasteiger partial charge in [0, 0.05) is 19.6 Å². The summed E-state index contributed by atoms with van der Waals surface area (Å²) in [6.07, 6.45) is 6.90. The Morgan fingerprint density at radius 3 is 2.19 bits per heavy atom. The molecule has 0 bridgehead atoms. The summed E-state index contributed by atoms with van der Waals surface area (Å²) >= 11 is 0. The number of nitrogens with zero attached hydrogens (tertiary/aromatic N) is 1. The monoisotopic (exact) mass is 421 g/mol.